The quantitative estimate of drug-likeness (QED) is 0.838. The molecule has 0 bridgehead atoms. The van der Waals surface area contributed by atoms with Crippen LogP contribution in [0.15, 0.2) is 21.1 Å². The molecule has 0 aliphatic heterocycles. The van der Waals surface area contributed by atoms with E-state index in [9.17, 15) is 8.78 Å². The van der Waals surface area contributed by atoms with Crippen LogP contribution in [0.25, 0.3) is 0 Å². The van der Waals surface area contributed by atoms with Gasteiger partial charge in [0.05, 0.1) is 7.11 Å². The van der Waals surface area contributed by atoms with Gasteiger partial charge in [0.15, 0.2) is 0 Å². The van der Waals surface area contributed by atoms with E-state index in [2.05, 4.69) is 36.6 Å². The number of alkyl halides is 2. The van der Waals surface area contributed by atoms with Crippen molar-refractivity contribution in [2.24, 2.45) is 0 Å². The van der Waals surface area contributed by atoms with Gasteiger partial charge in [0, 0.05) is 4.47 Å². The van der Waals surface area contributed by atoms with Crippen LogP contribution >= 0.6 is 31.9 Å². The van der Waals surface area contributed by atoms with E-state index in [0.29, 0.717) is 14.7 Å². The molecule has 0 spiro atoms. The molecule has 78 valence electrons. The van der Waals surface area contributed by atoms with Gasteiger partial charge in [-0.2, -0.15) is 8.78 Å². The smallest absolute Gasteiger partial charge is 0.387 e. The minimum Gasteiger partial charge on any atom is -0.495 e. The van der Waals surface area contributed by atoms with E-state index in [1.165, 1.54) is 13.2 Å². The van der Waals surface area contributed by atoms with E-state index in [-0.39, 0.29) is 5.75 Å². The molecule has 14 heavy (non-hydrogen) atoms. The van der Waals surface area contributed by atoms with Crippen LogP contribution in [-0.2, 0) is 0 Å². The average Bonchev–Trinajstić information content (AvgIpc) is 2.09. The molecule has 6 heteroatoms. The van der Waals surface area contributed by atoms with Crippen molar-refractivity contribution in [1.82, 2.24) is 0 Å². The zero-order valence-corrected chi connectivity index (χ0v) is 10.2. The minimum atomic E-state index is -2.86. The van der Waals surface area contributed by atoms with Crippen LogP contribution in [0, 0.1) is 0 Å². The number of hydrogen-bond donors (Lipinski definition) is 0. The molecule has 0 unspecified atom stereocenters. The lowest BCUT2D eigenvalue weighted by Crippen LogP contribution is -2.03. The maximum atomic E-state index is 12.0. The monoisotopic (exact) mass is 330 g/mol. The molecule has 0 aliphatic rings. The third-order valence-electron chi connectivity index (χ3n) is 1.41. The number of hydrogen-bond acceptors (Lipinski definition) is 2. The zero-order valence-electron chi connectivity index (χ0n) is 7.06. The first-order valence-electron chi connectivity index (χ1n) is 3.52. The maximum Gasteiger partial charge on any atom is 0.387 e. The number of ether oxygens (including phenoxy) is 2. The van der Waals surface area contributed by atoms with Gasteiger partial charge in [-0.05, 0) is 28.1 Å². The lowest BCUT2D eigenvalue weighted by atomic mass is 10.3. The van der Waals surface area contributed by atoms with Crippen molar-refractivity contribution in [1.29, 1.82) is 0 Å². The van der Waals surface area contributed by atoms with Gasteiger partial charge in [-0.3, -0.25) is 0 Å². The number of methoxy groups -OCH3 is 1. The Morgan fingerprint density at radius 3 is 2.29 bits per heavy atom. The van der Waals surface area contributed by atoms with Gasteiger partial charge >= 0.3 is 6.61 Å². The van der Waals surface area contributed by atoms with Crippen molar-refractivity contribution in [3.05, 3.63) is 21.1 Å². The second-order valence-corrected chi connectivity index (χ2v) is 4.01. The van der Waals surface area contributed by atoms with Crippen LogP contribution in [0.3, 0.4) is 0 Å². The van der Waals surface area contributed by atoms with Crippen molar-refractivity contribution >= 4 is 31.9 Å². The van der Waals surface area contributed by atoms with Gasteiger partial charge in [0.1, 0.15) is 16.0 Å². The predicted octanol–water partition coefficient (Wildman–Crippen LogP) is 3.82. The Morgan fingerprint density at radius 2 is 1.79 bits per heavy atom. The molecular formula is C8H6Br2F2O2. The normalized spacial score (nSPS) is 10.4. The largest absolute Gasteiger partial charge is 0.495 e. The van der Waals surface area contributed by atoms with Crippen LogP contribution in [-0.4, -0.2) is 13.7 Å². The van der Waals surface area contributed by atoms with Gasteiger partial charge in [0.2, 0.25) is 0 Å². The Kier molecular flexibility index (Phi) is 4.12. The van der Waals surface area contributed by atoms with Gasteiger partial charge in [-0.15, -0.1) is 0 Å². The predicted molar refractivity (Wildman–Crippen MR) is 55.0 cm³/mol. The Balaban J connectivity index is 3.08. The number of rotatable bonds is 3. The summed E-state index contributed by atoms with van der Waals surface area (Å²) in [5.41, 5.74) is 0. The van der Waals surface area contributed by atoms with Gasteiger partial charge in [-0.25, -0.2) is 0 Å². The highest BCUT2D eigenvalue weighted by Crippen LogP contribution is 2.38. The van der Waals surface area contributed by atoms with Crippen molar-refractivity contribution in [2.45, 2.75) is 6.61 Å². The van der Waals surface area contributed by atoms with E-state index >= 15 is 0 Å². The Morgan fingerprint density at radius 1 is 1.21 bits per heavy atom. The van der Waals surface area contributed by atoms with E-state index in [4.69, 9.17) is 4.74 Å². The second kappa shape index (κ2) is 4.93. The number of halogens is 4. The Labute approximate surface area is 96.5 Å². The lowest BCUT2D eigenvalue weighted by molar-refractivity contribution is -0.0504. The lowest BCUT2D eigenvalue weighted by Gasteiger charge is -2.10. The van der Waals surface area contributed by atoms with E-state index in [1.807, 2.05) is 0 Å². The van der Waals surface area contributed by atoms with Gasteiger partial charge in [0.25, 0.3) is 0 Å². The SMILES string of the molecule is COc1cc(Br)cc(OC(F)F)c1Br. The molecule has 0 aromatic heterocycles. The van der Waals surface area contributed by atoms with Crippen LogP contribution in [0.2, 0.25) is 0 Å². The van der Waals surface area contributed by atoms with Crippen molar-refractivity contribution in [3.8, 4) is 11.5 Å². The molecule has 0 saturated carbocycles. The van der Waals surface area contributed by atoms with Crippen molar-refractivity contribution < 1.29 is 18.3 Å². The second-order valence-electron chi connectivity index (χ2n) is 2.30. The van der Waals surface area contributed by atoms with E-state index < -0.39 is 6.61 Å². The fraction of sp³-hybridized carbons (Fsp3) is 0.250. The molecular weight excluding hydrogens is 326 g/mol. The number of benzene rings is 1. The first kappa shape index (κ1) is 11.7. The van der Waals surface area contributed by atoms with E-state index in [1.54, 1.807) is 6.07 Å². The Hall–Kier alpha value is -0.360. The standard InChI is InChI=1S/C8H6Br2F2O2/c1-13-5-2-4(9)3-6(7(5)10)14-8(11)12/h2-3,8H,1H3. The molecule has 0 aliphatic carbocycles. The third-order valence-corrected chi connectivity index (χ3v) is 2.65. The molecule has 0 fully saturated rings. The highest BCUT2D eigenvalue weighted by atomic mass is 79.9. The molecule has 1 rings (SSSR count). The van der Waals surface area contributed by atoms with Gasteiger partial charge < -0.3 is 9.47 Å². The van der Waals surface area contributed by atoms with Gasteiger partial charge in [-0.1, -0.05) is 15.9 Å². The van der Waals surface area contributed by atoms with Crippen LogP contribution < -0.4 is 9.47 Å². The summed E-state index contributed by atoms with van der Waals surface area (Å²) in [6, 6.07) is 3.07. The first-order chi connectivity index (χ1) is 6.54. The summed E-state index contributed by atoms with van der Waals surface area (Å²) >= 11 is 6.25. The highest BCUT2D eigenvalue weighted by Gasteiger charge is 2.13. The van der Waals surface area contributed by atoms with Crippen LogP contribution in [0.5, 0.6) is 11.5 Å². The van der Waals surface area contributed by atoms with Crippen LogP contribution in [0.4, 0.5) is 8.78 Å². The molecule has 0 radical (unpaired) electrons. The summed E-state index contributed by atoms with van der Waals surface area (Å²) < 4.78 is 34.1. The van der Waals surface area contributed by atoms with Crippen LogP contribution in [0.1, 0.15) is 0 Å². The summed E-state index contributed by atoms with van der Waals surface area (Å²) in [5.74, 6) is 0.459. The zero-order chi connectivity index (χ0) is 10.7. The summed E-state index contributed by atoms with van der Waals surface area (Å²) in [6.07, 6.45) is 0. The van der Waals surface area contributed by atoms with Crippen molar-refractivity contribution in [3.63, 3.8) is 0 Å². The molecule has 2 nitrogen and oxygen atoms in total. The maximum absolute atomic E-state index is 12.0. The summed E-state index contributed by atoms with van der Waals surface area (Å²) in [6.45, 7) is -2.86. The summed E-state index contributed by atoms with van der Waals surface area (Å²) in [4.78, 5) is 0. The minimum absolute atomic E-state index is 0.0335. The summed E-state index contributed by atoms with van der Waals surface area (Å²) in [7, 11) is 1.44. The molecule has 0 saturated heterocycles. The van der Waals surface area contributed by atoms with E-state index in [0.717, 1.165) is 0 Å². The topological polar surface area (TPSA) is 18.5 Å². The fourth-order valence-corrected chi connectivity index (χ4v) is 1.77. The van der Waals surface area contributed by atoms with Crippen molar-refractivity contribution in [2.75, 3.05) is 7.11 Å². The highest BCUT2D eigenvalue weighted by molar-refractivity contribution is 9.11. The average molecular weight is 332 g/mol. The molecule has 1 aromatic carbocycles. The molecule has 0 heterocycles. The molecule has 1 aromatic rings. The first-order valence-corrected chi connectivity index (χ1v) is 5.11. The Bertz CT molecular complexity index is 331. The molecule has 0 atom stereocenters. The fourth-order valence-electron chi connectivity index (χ4n) is 0.871. The molecule has 0 amide bonds. The summed E-state index contributed by atoms with van der Waals surface area (Å²) in [5, 5.41) is 0. The third kappa shape index (κ3) is 2.81. The molecule has 0 N–H and O–H groups in total.